The lowest BCUT2D eigenvalue weighted by molar-refractivity contribution is -0.116. The Morgan fingerprint density at radius 3 is 2.74 bits per heavy atom. The summed E-state index contributed by atoms with van der Waals surface area (Å²) in [5.41, 5.74) is 2.24. The summed E-state index contributed by atoms with van der Waals surface area (Å²) >= 11 is 1.49. The molecule has 0 saturated carbocycles. The second-order valence-electron chi connectivity index (χ2n) is 5.46. The van der Waals surface area contributed by atoms with Gasteiger partial charge < -0.3 is 5.32 Å². The Labute approximate surface area is 136 Å². The molecule has 3 aromatic heterocycles. The fraction of sp³-hybridized carbons (Fsp3) is 0.333. The van der Waals surface area contributed by atoms with Gasteiger partial charge in [0.15, 0.2) is 0 Å². The lowest BCUT2D eigenvalue weighted by atomic mass is 10.2. The van der Waals surface area contributed by atoms with Crippen LogP contribution in [0.25, 0.3) is 10.2 Å². The predicted octanol–water partition coefficient (Wildman–Crippen LogP) is 1.76. The molecule has 7 nitrogen and oxygen atoms in total. The van der Waals surface area contributed by atoms with E-state index < -0.39 is 0 Å². The van der Waals surface area contributed by atoms with Crippen LogP contribution >= 0.6 is 11.3 Å². The van der Waals surface area contributed by atoms with Crippen LogP contribution in [0.4, 0.5) is 5.69 Å². The molecule has 120 valence electrons. The van der Waals surface area contributed by atoms with Crippen molar-refractivity contribution < 1.29 is 4.79 Å². The van der Waals surface area contributed by atoms with Crippen LogP contribution < -0.4 is 10.9 Å². The SMILES string of the molecule is Cc1sc2ncn(CC(=O)Nc3cnn(C)c3C)c(=O)c2c1C. The number of aryl methyl sites for hydroxylation is 3. The van der Waals surface area contributed by atoms with Gasteiger partial charge in [-0.2, -0.15) is 5.10 Å². The minimum absolute atomic E-state index is 0.0789. The molecule has 0 aromatic carbocycles. The highest BCUT2D eigenvalue weighted by Crippen LogP contribution is 2.25. The zero-order chi connectivity index (χ0) is 16.7. The Kier molecular flexibility index (Phi) is 3.77. The second kappa shape index (κ2) is 5.62. The highest BCUT2D eigenvalue weighted by atomic mass is 32.1. The lowest BCUT2D eigenvalue weighted by Gasteiger charge is -2.07. The Morgan fingerprint density at radius 2 is 2.09 bits per heavy atom. The molecule has 3 rings (SSSR count). The smallest absolute Gasteiger partial charge is 0.262 e. The maximum atomic E-state index is 12.6. The first-order chi connectivity index (χ1) is 10.9. The fourth-order valence-corrected chi connectivity index (χ4v) is 3.34. The minimum atomic E-state index is -0.283. The van der Waals surface area contributed by atoms with Gasteiger partial charge in [-0.1, -0.05) is 0 Å². The van der Waals surface area contributed by atoms with Gasteiger partial charge in [0.1, 0.15) is 11.4 Å². The topological polar surface area (TPSA) is 81.8 Å². The first-order valence-electron chi connectivity index (χ1n) is 7.12. The number of carbonyl (C=O) groups excluding carboxylic acids is 1. The van der Waals surface area contributed by atoms with Crippen molar-refractivity contribution in [3.8, 4) is 0 Å². The first-order valence-corrected chi connectivity index (χ1v) is 7.93. The number of amides is 1. The van der Waals surface area contributed by atoms with Gasteiger partial charge in [-0.05, 0) is 26.3 Å². The van der Waals surface area contributed by atoms with Crippen LogP contribution in [-0.4, -0.2) is 25.2 Å². The molecule has 8 heteroatoms. The molecule has 23 heavy (non-hydrogen) atoms. The van der Waals surface area contributed by atoms with E-state index in [1.54, 1.807) is 17.9 Å². The normalized spacial score (nSPS) is 11.1. The molecule has 0 atom stereocenters. The standard InChI is InChI=1S/C15H17N5O2S/c1-8-10(3)23-14-13(8)15(22)20(7-16-14)6-12(21)18-11-5-17-19(4)9(11)2/h5,7H,6H2,1-4H3,(H,18,21). The van der Waals surface area contributed by atoms with Crippen molar-refractivity contribution in [2.24, 2.45) is 7.05 Å². The number of hydrogen-bond acceptors (Lipinski definition) is 5. The predicted molar refractivity (Wildman–Crippen MR) is 89.9 cm³/mol. The molecular weight excluding hydrogens is 314 g/mol. The van der Waals surface area contributed by atoms with Crippen molar-refractivity contribution in [2.45, 2.75) is 27.3 Å². The number of thiophene rings is 1. The summed E-state index contributed by atoms with van der Waals surface area (Å²) < 4.78 is 3.01. The molecule has 0 aliphatic rings. The van der Waals surface area contributed by atoms with E-state index in [1.165, 1.54) is 22.2 Å². The number of fused-ring (bicyclic) bond motifs is 1. The van der Waals surface area contributed by atoms with Gasteiger partial charge in [-0.15, -0.1) is 11.3 Å². The average Bonchev–Trinajstić information content (AvgIpc) is 2.97. The number of carbonyl (C=O) groups is 1. The zero-order valence-corrected chi connectivity index (χ0v) is 14.2. The molecule has 0 spiro atoms. The molecular formula is C15H17N5O2S. The molecule has 0 unspecified atom stereocenters. The number of nitrogens with one attached hydrogen (secondary N) is 1. The van der Waals surface area contributed by atoms with Crippen molar-refractivity contribution in [2.75, 3.05) is 5.32 Å². The third kappa shape index (κ3) is 2.65. The van der Waals surface area contributed by atoms with Crippen LogP contribution in [0, 0.1) is 20.8 Å². The molecule has 0 fully saturated rings. The Morgan fingerprint density at radius 1 is 1.35 bits per heavy atom. The maximum Gasteiger partial charge on any atom is 0.262 e. The Balaban J connectivity index is 1.88. The van der Waals surface area contributed by atoms with E-state index in [0.29, 0.717) is 15.9 Å². The van der Waals surface area contributed by atoms with Crippen LogP contribution in [0.3, 0.4) is 0 Å². The number of rotatable bonds is 3. The average molecular weight is 331 g/mol. The molecule has 0 bridgehead atoms. The fourth-order valence-electron chi connectivity index (χ4n) is 2.35. The third-order valence-electron chi connectivity index (χ3n) is 3.98. The van der Waals surface area contributed by atoms with E-state index in [4.69, 9.17) is 0 Å². The van der Waals surface area contributed by atoms with Crippen LogP contribution in [0.2, 0.25) is 0 Å². The van der Waals surface area contributed by atoms with Gasteiger partial charge >= 0.3 is 0 Å². The summed E-state index contributed by atoms with van der Waals surface area (Å²) in [7, 11) is 1.80. The quantitative estimate of drug-likeness (QED) is 0.793. The first kappa shape index (κ1) is 15.4. The van der Waals surface area contributed by atoms with E-state index in [1.807, 2.05) is 20.8 Å². The molecule has 0 aliphatic carbocycles. The van der Waals surface area contributed by atoms with E-state index in [-0.39, 0.29) is 18.0 Å². The van der Waals surface area contributed by atoms with Crippen molar-refractivity contribution in [3.05, 3.63) is 39.0 Å². The molecule has 0 aliphatic heterocycles. The van der Waals surface area contributed by atoms with E-state index in [9.17, 15) is 9.59 Å². The minimum Gasteiger partial charge on any atom is -0.322 e. The van der Waals surface area contributed by atoms with Gasteiger partial charge in [0.2, 0.25) is 5.91 Å². The van der Waals surface area contributed by atoms with Crippen LogP contribution in [-0.2, 0) is 18.4 Å². The molecule has 1 N–H and O–H groups in total. The van der Waals surface area contributed by atoms with Gasteiger partial charge in [0, 0.05) is 11.9 Å². The summed E-state index contributed by atoms with van der Waals surface area (Å²) in [4.78, 5) is 30.8. The highest BCUT2D eigenvalue weighted by molar-refractivity contribution is 7.18. The van der Waals surface area contributed by atoms with Crippen LogP contribution in [0.15, 0.2) is 17.3 Å². The molecule has 1 amide bonds. The summed E-state index contributed by atoms with van der Waals surface area (Å²) in [6, 6.07) is 0. The lowest BCUT2D eigenvalue weighted by Crippen LogP contribution is -2.28. The Hall–Kier alpha value is -2.48. The largest absolute Gasteiger partial charge is 0.322 e. The van der Waals surface area contributed by atoms with Gasteiger partial charge in [-0.3, -0.25) is 18.8 Å². The summed E-state index contributed by atoms with van der Waals surface area (Å²) in [6.07, 6.45) is 3.01. The summed E-state index contributed by atoms with van der Waals surface area (Å²) in [5.74, 6) is -0.283. The number of nitrogens with zero attached hydrogens (tertiary/aromatic N) is 4. The monoisotopic (exact) mass is 331 g/mol. The van der Waals surface area contributed by atoms with Crippen LogP contribution in [0.1, 0.15) is 16.1 Å². The number of anilines is 1. The summed E-state index contributed by atoms with van der Waals surface area (Å²) in [5, 5.41) is 7.44. The maximum absolute atomic E-state index is 12.6. The van der Waals surface area contributed by atoms with Gasteiger partial charge in [0.25, 0.3) is 5.56 Å². The molecule has 3 heterocycles. The second-order valence-corrected chi connectivity index (χ2v) is 6.66. The van der Waals surface area contributed by atoms with Crippen molar-refractivity contribution in [1.82, 2.24) is 19.3 Å². The van der Waals surface area contributed by atoms with E-state index in [2.05, 4.69) is 15.4 Å². The summed E-state index contributed by atoms with van der Waals surface area (Å²) in [6.45, 7) is 5.65. The number of aromatic nitrogens is 4. The Bertz CT molecular complexity index is 966. The molecule has 3 aromatic rings. The van der Waals surface area contributed by atoms with Crippen molar-refractivity contribution in [1.29, 1.82) is 0 Å². The number of hydrogen-bond donors (Lipinski definition) is 1. The molecule has 0 saturated heterocycles. The van der Waals surface area contributed by atoms with E-state index >= 15 is 0 Å². The zero-order valence-electron chi connectivity index (χ0n) is 13.4. The third-order valence-corrected chi connectivity index (χ3v) is 5.09. The van der Waals surface area contributed by atoms with Crippen molar-refractivity contribution in [3.63, 3.8) is 0 Å². The van der Waals surface area contributed by atoms with Crippen LogP contribution in [0.5, 0.6) is 0 Å². The van der Waals surface area contributed by atoms with Gasteiger partial charge in [0.05, 0.1) is 29.3 Å². The molecule has 0 radical (unpaired) electrons. The van der Waals surface area contributed by atoms with E-state index in [0.717, 1.165) is 16.1 Å². The highest BCUT2D eigenvalue weighted by Gasteiger charge is 2.14. The van der Waals surface area contributed by atoms with Gasteiger partial charge in [-0.25, -0.2) is 4.98 Å². The van der Waals surface area contributed by atoms with Crippen molar-refractivity contribution >= 4 is 33.1 Å².